The van der Waals surface area contributed by atoms with Gasteiger partial charge in [0.1, 0.15) is 11.5 Å². The van der Waals surface area contributed by atoms with Crippen molar-refractivity contribution in [3.8, 4) is 56.5 Å². The van der Waals surface area contributed by atoms with Gasteiger partial charge in [-0.05, 0) is 65.7 Å². The highest BCUT2D eigenvalue weighted by molar-refractivity contribution is 5.75. The smallest absolute Gasteiger partial charge is 0.122 e. The monoisotopic (exact) mass is 446 g/mol. The molecule has 34 heavy (non-hydrogen) atoms. The summed E-state index contributed by atoms with van der Waals surface area (Å²) in [5.41, 5.74) is 10.6. The van der Waals surface area contributed by atoms with Crippen molar-refractivity contribution in [3.05, 3.63) is 83.9 Å². The summed E-state index contributed by atoms with van der Waals surface area (Å²) in [5, 5.41) is 15.6. The summed E-state index contributed by atoms with van der Waals surface area (Å²) in [6.45, 7) is 1.52. The molecule has 0 unspecified atom stereocenters. The maximum absolute atomic E-state index is 5.63. The average Bonchev–Trinajstić information content (AvgIpc) is 3.69. The number of aromatic amines is 2. The van der Waals surface area contributed by atoms with E-state index < -0.39 is 0 Å². The zero-order valence-electron chi connectivity index (χ0n) is 18.5. The van der Waals surface area contributed by atoms with Crippen LogP contribution in [0.5, 0.6) is 11.5 Å². The molecule has 2 N–H and O–H groups in total. The number of benzene rings is 3. The fraction of sp³-hybridized carbons (Fsp3) is 0.143. The topological polar surface area (TPSA) is 75.8 Å². The molecular formula is C28H22N4O2. The van der Waals surface area contributed by atoms with Crippen LogP contribution in [0, 0.1) is 0 Å². The lowest BCUT2D eigenvalue weighted by atomic mass is 10.0. The van der Waals surface area contributed by atoms with Crippen molar-refractivity contribution in [2.24, 2.45) is 0 Å². The molecule has 0 amide bonds. The Morgan fingerprint density at radius 2 is 1.09 bits per heavy atom. The molecule has 0 saturated carbocycles. The number of nitrogens with one attached hydrogen (secondary N) is 2. The number of nitrogens with zero attached hydrogens (tertiary/aromatic N) is 2. The molecule has 7 rings (SSSR count). The SMILES string of the molecule is c1cc(-c2cc(-c3ccc4c(c3)CCO4)[nH]n2)cc(-c2cc(-c3ccc4c(c3)CCO4)[nH]n2)c1. The van der Waals surface area contributed by atoms with Crippen LogP contribution >= 0.6 is 0 Å². The third-order valence-electron chi connectivity index (χ3n) is 6.61. The number of ether oxygens (including phenoxy) is 2. The van der Waals surface area contributed by atoms with E-state index in [9.17, 15) is 0 Å². The fourth-order valence-electron chi connectivity index (χ4n) is 4.78. The van der Waals surface area contributed by atoms with Gasteiger partial charge in [-0.15, -0.1) is 0 Å². The zero-order chi connectivity index (χ0) is 22.5. The molecule has 0 atom stereocenters. The van der Waals surface area contributed by atoms with Crippen LogP contribution in [0.4, 0.5) is 0 Å². The normalized spacial score (nSPS) is 13.9. The second-order valence-electron chi connectivity index (χ2n) is 8.76. The van der Waals surface area contributed by atoms with Crippen LogP contribution in [0.1, 0.15) is 11.1 Å². The molecule has 6 heteroatoms. The molecule has 2 aliphatic rings. The third-order valence-corrected chi connectivity index (χ3v) is 6.61. The number of fused-ring (bicyclic) bond motifs is 2. The summed E-state index contributed by atoms with van der Waals surface area (Å²) in [7, 11) is 0. The van der Waals surface area contributed by atoms with Crippen molar-refractivity contribution < 1.29 is 9.47 Å². The van der Waals surface area contributed by atoms with Crippen molar-refractivity contribution >= 4 is 0 Å². The summed E-state index contributed by atoms with van der Waals surface area (Å²) in [6.07, 6.45) is 1.91. The standard InChI is InChI=1S/C28H22N4O2/c1-2-17(23-15-25(31-29-23)19-4-6-27-21(13-19)8-10-33-27)12-18(3-1)24-16-26(32-30-24)20-5-7-28-22(14-20)9-11-34-28/h1-7,12-16H,8-11H2,(H,29,31)(H,30,32). The zero-order valence-corrected chi connectivity index (χ0v) is 18.5. The van der Waals surface area contributed by atoms with Crippen molar-refractivity contribution in [2.75, 3.05) is 13.2 Å². The summed E-state index contributed by atoms with van der Waals surface area (Å²) in [4.78, 5) is 0. The highest BCUT2D eigenvalue weighted by atomic mass is 16.5. The van der Waals surface area contributed by atoms with Crippen LogP contribution in [0.3, 0.4) is 0 Å². The minimum atomic E-state index is 0.760. The molecule has 0 aliphatic carbocycles. The predicted molar refractivity (Wildman–Crippen MR) is 131 cm³/mol. The molecular weight excluding hydrogens is 424 g/mol. The van der Waals surface area contributed by atoms with Crippen LogP contribution < -0.4 is 9.47 Å². The van der Waals surface area contributed by atoms with Gasteiger partial charge in [-0.2, -0.15) is 10.2 Å². The first kappa shape index (κ1) is 19.2. The van der Waals surface area contributed by atoms with Gasteiger partial charge < -0.3 is 9.47 Å². The number of H-pyrrole nitrogens is 2. The first-order valence-corrected chi connectivity index (χ1v) is 11.5. The lowest BCUT2D eigenvalue weighted by Crippen LogP contribution is -1.85. The molecule has 2 aliphatic heterocycles. The van der Waals surface area contributed by atoms with Crippen molar-refractivity contribution in [3.63, 3.8) is 0 Å². The molecule has 166 valence electrons. The lowest BCUT2D eigenvalue weighted by molar-refractivity contribution is 0.356. The van der Waals surface area contributed by atoms with Crippen LogP contribution in [-0.2, 0) is 12.8 Å². The number of hydrogen-bond acceptors (Lipinski definition) is 4. The molecule has 2 aromatic heterocycles. The van der Waals surface area contributed by atoms with Gasteiger partial charge in [0.15, 0.2) is 0 Å². The lowest BCUT2D eigenvalue weighted by Gasteiger charge is -2.02. The minimum absolute atomic E-state index is 0.760. The van der Waals surface area contributed by atoms with Gasteiger partial charge in [-0.3, -0.25) is 10.2 Å². The van der Waals surface area contributed by atoms with Crippen molar-refractivity contribution in [1.29, 1.82) is 0 Å². The molecule has 3 aromatic carbocycles. The van der Waals surface area contributed by atoms with E-state index in [4.69, 9.17) is 9.47 Å². The van der Waals surface area contributed by atoms with Crippen molar-refractivity contribution in [1.82, 2.24) is 20.4 Å². The van der Waals surface area contributed by atoms with Crippen LogP contribution in [0.2, 0.25) is 0 Å². The Hall–Kier alpha value is -4.32. The van der Waals surface area contributed by atoms with Gasteiger partial charge in [-0.1, -0.05) is 18.2 Å². The Bertz CT molecular complexity index is 1420. The Kier molecular flexibility index (Phi) is 4.30. The molecule has 0 bridgehead atoms. The molecule has 0 spiro atoms. The van der Waals surface area contributed by atoms with E-state index in [1.807, 2.05) is 18.2 Å². The van der Waals surface area contributed by atoms with E-state index in [0.29, 0.717) is 0 Å². The van der Waals surface area contributed by atoms with Gasteiger partial charge >= 0.3 is 0 Å². The van der Waals surface area contributed by atoms with Crippen LogP contribution in [0.25, 0.3) is 45.0 Å². The van der Waals surface area contributed by atoms with E-state index in [-0.39, 0.29) is 0 Å². The van der Waals surface area contributed by atoms with Gasteiger partial charge in [0.25, 0.3) is 0 Å². The fourth-order valence-corrected chi connectivity index (χ4v) is 4.78. The third kappa shape index (κ3) is 3.27. The Labute approximate surface area is 196 Å². The van der Waals surface area contributed by atoms with Gasteiger partial charge in [0.2, 0.25) is 0 Å². The van der Waals surface area contributed by atoms with Gasteiger partial charge in [0.05, 0.1) is 36.0 Å². The quantitative estimate of drug-likeness (QED) is 0.373. The molecule has 0 saturated heterocycles. The molecule has 0 fully saturated rings. The number of aromatic nitrogens is 4. The van der Waals surface area contributed by atoms with Crippen LogP contribution in [-0.4, -0.2) is 33.6 Å². The minimum Gasteiger partial charge on any atom is -0.493 e. The van der Waals surface area contributed by atoms with E-state index in [2.05, 4.69) is 75.0 Å². The molecule has 6 nitrogen and oxygen atoms in total. The highest BCUT2D eigenvalue weighted by Crippen LogP contribution is 2.33. The Balaban J connectivity index is 1.17. The maximum atomic E-state index is 5.63. The van der Waals surface area contributed by atoms with Crippen LogP contribution in [0.15, 0.2) is 72.8 Å². The molecule has 0 radical (unpaired) electrons. The number of rotatable bonds is 4. The van der Waals surface area contributed by atoms with Gasteiger partial charge in [-0.25, -0.2) is 0 Å². The summed E-state index contributed by atoms with van der Waals surface area (Å²) in [5.74, 6) is 1.98. The maximum Gasteiger partial charge on any atom is 0.122 e. The summed E-state index contributed by atoms with van der Waals surface area (Å²) >= 11 is 0. The highest BCUT2D eigenvalue weighted by Gasteiger charge is 2.16. The Morgan fingerprint density at radius 3 is 1.62 bits per heavy atom. The average molecular weight is 447 g/mol. The van der Waals surface area contributed by atoms with E-state index in [1.165, 1.54) is 11.1 Å². The first-order valence-electron chi connectivity index (χ1n) is 11.5. The molecule has 5 aromatic rings. The van der Waals surface area contributed by atoms with E-state index in [0.717, 1.165) is 82.6 Å². The number of hydrogen-bond donors (Lipinski definition) is 2. The van der Waals surface area contributed by atoms with Gasteiger partial charge in [0, 0.05) is 35.1 Å². The second kappa shape index (κ2) is 7.63. The van der Waals surface area contributed by atoms with E-state index >= 15 is 0 Å². The largest absolute Gasteiger partial charge is 0.493 e. The Morgan fingerprint density at radius 1 is 0.559 bits per heavy atom. The molecule has 4 heterocycles. The van der Waals surface area contributed by atoms with E-state index in [1.54, 1.807) is 0 Å². The predicted octanol–water partition coefficient (Wildman–Crippen LogP) is 5.67. The second-order valence-corrected chi connectivity index (χ2v) is 8.76. The van der Waals surface area contributed by atoms with Crippen molar-refractivity contribution in [2.45, 2.75) is 12.8 Å². The summed E-state index contributed by atoms with van der Waals surface area (Å²) in [6, 6.07) is 25.1. The summed E-state index contributed by atoms with van der Waals surface area (Å²) < 4.78 is 11.3. The first-order chi connectivity index (χ1) is 16.8.